The van der Waals surface area contributed by atoms with Gasteiger partial charge in [-0.2, -0.15) is 10.1 Å². The molecule has 13 heteroatoms. The monoisotopic (exact) mass is 532 g/mol. The summed E-state index contributed by atoms with van der Waals surface area (Å²) in [5.74, 6) is -0.240. The molecule has 3 aromatic rings. The van der Waals surface area contributed by atoms with Crippen molar-refractivity contribution in [3.63, 3.8) is 0 Å². The third kappa shape index (κ3) is 6.73. The van der Waals surface area contributed by atoms with Crippen molar-refractivity contribution in [1.82, 2.24) is 14.6 Å². The number of carbonyl (C=O) groups excluding carboxylic acids is 1. The molecular formula is C24H29N4O8P. The van der Waals surface area contributed by atoms with Crippen LogP contribution in [0.15, 0.2) is 59.5 Å². The molecule has 2 heterocycles. The number of ether oxygens (including phenoxy) is 3. The lowest BCUT2D eigenvalue weighted by atomic mass is 10.1. The van der Waals surface area contributed by atoms with Gasteiger partial charge in [0.05, 0.1) is 12.7 Å². The van der Waals surface area contributed by atoms with E-state index >= 15 is 0 Å². The van der Waals surface area contributed by atoms with E-state index in [0.717, 1.165) is 5.39 Å². The number of rotatable bonds is 10. The van der Waals surface area contributed by atoms with E-state index in [4.69, 9.17) is 29.0 Å². The molecule has 4 rings (SSSR count). The van der Waals surface area contributed by atoms with E-state index in [9.17, 15) is 14.2 Å². The quantitative estimate of drug-likeness (QED) is 0.293. The zero-order valence-corrected chi connectivity index (χ0v) is 21.5. The molecule has 0 radical (unpaired) electrons. The van der Waals surface area contributed by atoms with Crippen LogP contribution in [0.4, 0.5) is 5.82 Å². The van der Waals surface area contributed by atoms with Crippen molar-refractivity contribution in [2.45, 2.75) is 45.4 Å². The number of fused-ring (bicyclic) bond motifs is 1. The molecule has 0 saturated carbocycles. The van der Waals surface area contributed by atoms with Crippen LogP contribution in [0, 0.1) is 0 Å². The van der Waals surface area contributed by atoms with Crippen LogP contribution in [0.25, 0.3) is 10.8 Å². The van der Waals surface area contributed by atoms with Gasteiger partial charge in [-0.05, 0) is 38.3 Å². The molecule has 1 aliphatic rings. The predicted octanol–water partition coefficient (Wildman–Crippen LogP) is 2.98. The van der Waals surface area contributed by atoms with Crippen LogP contribution in [-0.2, 0) is 28.1 Å². The van der Waals surface area contributed by atoms with Crippen LogP contribution in [0.1, 0.15) is 27.0 Å². The van der Waals surface area contributed by atoms with Gasteiger partial charge in [-0.3, -0.25) is 13.9 Å². The van der Waals surface area contributed by atoms with Gasteiger partial charge >= 0.3 is 19.4 Å². The maximum absolute atomic E-state index is 13.9. The van der Waals surface area contributed by atoms with E-state index in [1.165, 1.54) is 23.8 Å². The fraction of sp³-hybridized carbons (Fsp3) is 0.375. The Hall–Kier alpha value is -3.28. The molecular weight excluding hydrogens is 503 g/mol. The molecule has 3 N–H and O–H groups in total. The first-order valence-corrected chi connectivity index (χ1v) is 13.2. The molecule has 2 aromatic carbocycles. The number of nitrogens with two attached hydrogens (primary N) is 1. The molecule has 1 aliphatic heterocycles. The highest BCUT2D eigenvalue weighted by Crippen LogP contribution is 2.47. The van der Waals surface area contributed by atoms with Crippen molar-refractivity contribution in [3.8, 4) is 5.75 Å². The second kappa shape index (κ2) is 11.4. The summed E-state index contributed by atoms with van der Waals surface area (Å²) in [6.07, 6.45) is -0.668. The van der Waals surface area contributed by atoms with E-state index < -0.39 is 38.0 Å². The summed E-state index contributed by atoms with van der Waals surface area (Å²) in [6.45, 7) is 4.61. The molecule has 0 bridgehead atoms. The van der Waals surface area contributed by atoms with Gasteiger partial charge in [0, 0.05) is 11.6 Å². The van der Waals surface area contributed by atoms with Crippen LogP contribution in [0.3, 0.4) is 0 Å². The van der Waals surface area contributed by atoms with Gasteiger partial charge in [-0.15, -0.1) is 0 Å². The standard InChI is InChI=1S/C24H29N4O8P/c1-15(2)34-23(29)16(3)27-37(31,36-19-10-6-8-17-7-4-5-9-18(17)19)33-14-22-32-13-21(35-22)28-12-11-20(25)26-24(28)30/h4-12,15-16,21-22H,13-14H2,1-3H3,(H,27,31)(H2,25,26,30)/t16-,21-,22-,37?/m0/s1. The van der Waals surface area contributed by atoms with E-state index in [-0.39, 0.29) is 25.1 Å². The summed E-state index contributed by atoms with van der Waals surface area (Å²) in [5, 5.41) is 4.21. The summed E-state index contributed by atoms with van der Waals surface area (Å²) >= 11 is 0. The van der Waals surface area contributed by atoms with E-state index in [0.29, 0.717) is 11.1 Å². The highest BCUT2D eigenvalue weighted by atomic mass is 31.2. The smallest absolute Gasteiger partial charge is 0.459 e. The number of benzene rings is 2. The SMILES string of the molecule is CC(C)OC(=O)[C@H](C)NP(=O)(OC[C@H]1OC[C@@H](n2ccc(N)nc2=O)O1)Oc1cccc2ccccc12. The first-order chi connectivity index (χ1) is 17.6. The lowest BCUT2D eigenvalue weighted by Crippen LogP contribution is -2.36. The minimum Gasteiger partial charge on any atom is -0.462 e. The van der Waals surface area contributed by atoms with E-state index in [2.05, 4.69) is 10.1 Å². The lowest BCUT2D eigenvalue weighted by Gasteiger charge is -2.24. The third-order valence-electron chi connectivity index (χ3n) is 5.30. The normalized spacial score (nSPS) is 20.0. The minimum atomic E-state index is -4.17. The second-order valence-electron chi connectivity index (χ2n) is 8.59. The first kappa shape index (κ1) is 26.8. The molecule has 198 valence electrons. The fourth-order valence-electron chi connectivity index (χ4n) is 3.60. The summed E-state index contributed by atoms with van der Waals surface area (Å²) in [6, 6.07) is 13.1. The Morgan fingerprint density at radius 3 is 2.73 bits per heavy atom. The Labute approximate surface area is 213 Å². The topological polar surface area (TPSA) is 153 Å². The highest BCUT2D eigenvalue weighted by Gasteiger charge is 2.36. The molecule has 0 spiro atoms. The number of esters is 1. The van der Waals surface area contributed by atoms with Crippen LogP contribution in [0.2, 0.25) is 0 Å². The van der Waals surface area contributed by atoms with Crippen molar-refractivity contribution < 1.29 is 32.6 Å². The van der Waals surface area contributed by atoms with Crippen molar-refractivity contribution >= 4 is 30.3 Å². The molecule has 4 atom stereocenters. The van der Waals surface area contributed by atoms with Crippen molar-refractivity contribution in [3.05, 3.63) is 65.2 Å². The zero-order valence-electron chi connectivity index (χ0n) is 20.6. The summed E-state index contributed by atoms with van der Waals surface area (Å²) in [7, 11) is -4.17. The van der Waals surface area contributed by atoms with Crippen molar-refractivity contribution in [2.24, 2.45) is 0 Å². The number of nitrogens with one attached hydrogen (secondary N) is 1. The number of nitrogens with zero attached hydrogens (tertiary/aromatic N) is 2. The fourth-order valence-corrected chi connectivity index (χ4v) is 5.10. The lowest BCUT2D eigenvalue weighted by molar-refractivity contribution is -0.149. The maximum atomic E-state index is 13.9. The average Bonchev–Trinajstić information content (AvgIpc) is 3.31. The van der Waals surface area contributed by atoms with E-state index in [1.807, 2.05) is 30.3 Å². The highest BCUT2D eigenvalue weighted by molar-refractivity contribution is 7.52. The second-order valence-corrected chi connectivity index (χ2v) is 10.3. The Morgan fingerprint density at radius 1 is 1.22 bits per heavy atom. The van der Waals surface area contributed by atoms with Gasteiger partial charge in [-0.25, -0.2) is 9.36 Å². The largest absolute Gasteiger partial charge is 0.462 e. The third-order valence-corrected chi connectivity index (χ3v) is 6.93. The summed E-state index contributed by atoms with van der Waals surface area (Å²) < 4.78 is 43.1. The Bertz CT molecular complexity index is 1360. The molecule has 0 amide bonds. The number of nitrogen functional groups attached to an aromatic ring is 1. The van der Waals surface area contributed by atoms with Gasteiger partial charge in [0.15, 0.2) is 12.5 Å². The van der Waals surface area contributed by atoms with Gasteiger partial charge in [0.25, 0.3) is 0 Å². The van der Waals surface area contributed by atoms with Crippen LogP contribution in [0.5, 0.6) is 5.75 Å². The number of hydrogen-bond donors (Lipinski definition) is 2. The van der Waals surface area contributed by atoms with Gasteiger partial charge in [0.1, 0.15) is 24.2 Å². The zero-order chi connectivity index (χ0) is 26.6. The Morgan fingerprint density at radius 2 is 1.97 bits per heavy atom. The van der Waals surface area contributed by atoms with Crippen molar-refractivity contribution in [1.29, 1.82) is 0 Å². The summed E-state index contributed by atoms with van der Waals surface area (Å²) in [5.41, 5.74) is 4.94. The molecule has 37 heavy (non-hydrogen) atoms. The van der Waals surface area contributed by atoms with Gasteiger partial charge < -0.3 is 24.5 Å². The maximum Gasteiger partial charge on any atom is 0.459 e. The number of anilines is 1. The van der Waals surface area contributed by atoms with Crippen LogP contribution < -0.4 is 21.0 Å². The Balaban J connectivity index is 1.50. The Kier molecular flexibility index (Phi) is 8.25. The van der Waals surface area contributed by atoms with Crippen molar-refractivity contribution in [2.75, 3.05) is 18.9 Å². The molecule has 1 aromatic heterocycles. The van der Waals surface area contributed by atoms with Gasteiger partial charge in [0.2, 0.25) is 0 Å². The molecule has 1 unspecified atom stereocenters. The number of hydrogen-bond acceptors (Lipinski definition) is 10. The van der Waals surface area contributed by atoms with Gasteiger partial charge in [-0.1, -0.05) is 36.4 Å². The number of carbonyl (C=O) groups is 1. The molecule has 1 saturated heterocycles. The predicted molar refractivity (Wildman–Crippen MR) is 135 cm³/mol. The average molecular weight is 532 g/mol. The number of aromatic nitrogens is 2. The van der Waals surface area contributed by atoms with E-state index in [1.54, 1.807) is 26.0 Å². The minimum absolute atomic E-state index is 0.0263. The molecule has 0 aliphatic carbocycles. The first-order valence-electron chi connectivity index (χ1n) is 11.7. The summed E-state index contributed by atoms with van der Waals surface area (Å²) in [4.78, 5) is 28.2. The van der Waals surface area contributed by atoms with Crippen LogP contribution >= 0.6 is 7.75 Å². The molecule has 1 fully saturated rings. The molecule has 12 nitrogen and oxygen atoms in total. The van der Waals surface area contributed by atoms with Crippen LogP contribution in [-0.4, -0.2) is 47.2 Å².